The number of hydrogen-bond donors (Lipinski definition) is 1. The molecule has 1 aromatic heterocycles. The van der Waals surface area contributed by atoms with Gasteiger partial charge in [-0.25, -0.2) is 0 Å². The van der Waals surface area contributed by atoms with E-state index in [1.165, 1.54) is 12.8 Å². The summed E-state index contributed by atoms with van der Waals surface area (Å²) in [5.41, 5.74) is 2.22. The fourth-order valence-electron chi connectivity index (χ4n) is 2.46. The molecule has 1 saturated heterocycles. The van der Waals surface area contributed by atoms with Gasteiger partial charge in [-0.15, -0.1) is 0 Å². The van der Waals surface area contributed by atoms with E-state index in [4.69, 9.17) is 4.52 Å². The van der Waals surface area contributed by atoms with Crippen molar-refractivity contribution in [2.24, 2.45) is 0 Å². The molecular formula is C14H15BrN2O. The second kappa shape index (κ2) is 5.24. The molecule has 0 spiro atoms. The summed E-state index contributed by atoms with van der Waals surface area (Å²) in [5, 5.41) is 7.48. The maximum absolute atomic E-state index is 5.48. The SMILES string of the molecule is Brc1ccccc1-c1cnoc1C1CCCCN1. The average molecular weight is 307 g/mol. The Bertz CT molecular complexity index is 532. The maximum Gasteiger partial charge on any atom is 0.161 e. The first-order valence-electron chi connectivity index (χ1n) is 6.29. The highest BCUT2D eigenvalue weighted by atomic mass is 79.9. The zero-order valence-corrected chi connectivity index (χ0v) is 11.6. The topological polar surface area (TPSA) is 38.1 Å². The van der Waals surface area contributed by atoms with Gasteiger partial charge < -0.3 is 9.84 Å². The molecular weight excluding hydrogens is 292 g/mol. The summed E-state index contributed by atoms with van der Waals surface area (Å²) in [6, 6.07) is 8.47. The minimum Gasteiger partial charge on any atom is -0.359 e. The summed E-state index contributed by atoms with van der Waals surface area (Å²) in [6.45, 7) is 1.06. The number of hydrogen-bond acceptors (Lipinski definition) is 3. The summed E-state index contributed by atoms with van der Waals surface area (Å²) in [6.07, 6.45) is 5.42. The molecule has 0 amide bonds. The molecule has 4 heteroatoms. The third-order valence-electron chi connectivity index (χ3n) is 3.39. The molecule has 1 unspecified atom stereocenters. The van der Waals surface area contributed by atoms with Gasteiger partial charge in [-0.05, 0) is 25.5 Å². The molecule has 1 aromatic carbocycles. The molecule has 0 aliphatic carbocycles. The predicted molar refractivity (Wildman–Crippen MR) is 74.2 cm³/mol. The number of aromatic nitrogens is 1. The molecule has 1 aliphatic rings. The van der Waals surface area contributed by atoms with Gasteiger partial charge in [0.1, 0.15) is 0 Å². The molecule has 0 radical (unpaired) electrons. The van der Waals surface area contributed by atoms with Gasteiger partial charge in [-0.2, -0.15) is 0 Å². The van der Waals surface area contributed by atoms with Crippen LogP contribution in [0.1, 0.15) is 31.1 Å². The summed E-state index contributed by atoms with van der Waals surface area (Å²) in [4.78, 5) is 0. The smallest absolute Gasteiger partial charge is 0.161 e. The van der Waals surface area contributed by atoms with Gasteiger partial charge >= 0.3 is 0 Å². The molecule has 1 N–H and O–H groups in total. The molecule has 18 heavy (non-hydrogen) atoms. The highest BCUT2D eigenvalue weighted by Crippen LogP contribution is 2.35. The Morgan fingerprint density at radius 2 is 2.11 bits per heavy atom. The first-order chi connectivity index (χ1) is 8.86. The van der Waals surface area contributed by atoms with Crippen LogP contribution in [0.25, 0.3) is 11.1 Å². The monoisotopic (exact) mass is 306 g/mol. The van der Waals surface area contributed by atoms with Crippen molar-refractivity contribution in [1.82, 2.24) is 10.5 Å². The Kier molecular flexibility index (Phi) is 3.48. The van der Waals surface area contributed by atoms with E-state index in [1.54, 1.807) is 0 Å². The Morgan fingerprint density at radius 1 is 1.22 bits per heavy atom. The Balaban J connectivity index is 1.98. The second-order valence-corrected chi connectivity index (χ2v) is 5.44. The fraction of sp³-hybridized carbons (Fsp3) is 0.357. The summed E-state index contributed by atoms with van der Waals surface area (Å²) < 4.78 is 6.55. The van der Waals surface area contributed by atoms with E-state index in [-0.39, 0.29) is 0 Å². The van der Waals surface area contributed by atoms with E-state index < -0.39 is 0 Å². The van der Waals surface area contributed by atoms with Crippen LogP contribution in [0.4, 0.5) is 0 Å². The lowest BCUT2D eigenvalue weighted by atomic mass is 9.97. The van der Waals surface area contributed by atoms with Gasteiger partial charge in [-0.3, -0.25) is 0 Å². The zero-order chi connectivity index (χ0) is 12.4. The van der Waals surface area contributed by atoms with Gasteiger partial charge in [0, 0.05) is 15.6 Å². The quantitative estimate of drug-likeness (QED) is 0.914. The second-order valence-electron chi connectivity index (χ2n) is 4.59. The van der Waals surface area contributed by atoms with Crippen LogP contribution in [0.15, 0.2) is 39.5 Å². The van der Waals surface area contributed by atoms with E-state index in [1.807, 2.05) is 24.4 Å². The van der Waals surface area contributed by atoms with Gasteiger partial charge in [0.2, 0.25) is 0 Å². The average Bonchev–Trinajstić information content (AvgIpc) is 2.89. The first-order valence-corrected chi connectivity index (χ1v) is 7.08. The van der Waals surface area contributed by atoms with E-state index in [0.29, 0.717) is 6.04 Å². The number of rotatable bonds is 2. The van der Waals surface area contributed by atoms with Gasteiger partial charge in [0.05, 0.1) is 12.2 Å². The number of halogens is 1. The lowest BCUT2D eigenvalue weighted by Crippen LogP contribution is -2.26. The van der Waals surface area contributed by atoms with Crippen molar-refractivity contribution in [2.75, 3.05) is 6.54 Å². The van der Waals surface area contributed by atoms with Crippen molar-refractivity contribution in [3.63, 3.8) is 0 Å². The lowest BCUT2D eigenvalue weighted by Gasteiger charge is -2.22. The lowest BCUT2D eigenvalue weighted by molar-refractivity contribution is 0.306. The van der Waals surface area contributed by atoms with Crippen LogP contribution in [0.5, 0.6) is 0 Å². The van der Waals surface area contributed by atoms with Crippen molar-refractivity contribution in [2.45, 2.75) is 25.3 Å². The normalized spacial score (nSPS) is 19.9. The molecule has 1 atom stereocenters. The van der Waals surface area contributed by atoms with Crippen LogP contribution in [0, 0.1) is 0 Å². The Morgan fingerprint density at radius 3 is 2.89 bits per heavy atom. The van der Waals surface area contributed by atoms with Crippen LogP contribution in [0.3, 0.4) is 0 Å². The van der Waals surface area contributed by atoms with Crippen LogP contribution in [-0.4, -0.2) is 11.7 Å². The Labute approximate surface area is 115 Å². The van der Waals surface area contributed by atoms with Crippen LogP contribution < -0.4 is 5.32 Å². The molecule has 94 valence electrons. The molecule has 3 nitrogen and oxygen atoms in total. The van der Waals surface area contributed by atoms with Crippen molar-refractivity contribution in [1.29, 1.82) is 0 Å². The molecule has 3 rings (SSSR count). The van der Waals surface area contributed by atoms with Crippen LogP contribution >= 0.6 is 15.9 Å². The number of nitrogens with zero attached hydrogens (tertiary/aromatic N) is 1. The fourth-order valence-corrected chi connectivity index (χ4v) is 2.96. The van der Waals surface area contributed by atoms with E-state index in [9.17, 15) is 0 Å². The number of nitrogens with one attached hydrogen (secondary N) is 1. The molecule has 1 aliphatic heterocycles. The third kappa shape index (κ3) is 2.22. The number of benzene rings is 1. The van der Waals surface area contributed by atoms with Crippen LogP contribution in [0.2, 0.25) is 0 Å². The summed E-state index contributed by atoms with van der Waals surface area (Å²) in [7, 11) is 0. The Hall–Kier alpha value is -1.13. The third-order valence-corrected chi connectivity index (χ3v) is 4.08. The van der Waals surface area contributed by atoms with E-state index in [0.717, 1.165) is 34.3 Å². The van der Waals surface area contributed by atoms with E-state index in [2.05, 4.69) is 32.5 Å². The van der Waals surface area contributed by atoms with Gasteiger partial charge in [0.25, 0.3) is 0 Å². The summed E-state index contributed by atoms with van der Waals surface area (Å²) >= 11 is 3.59. The highest BCUT2D eigenvalue weighted by Gasteiger charge is 2.23. The molecule has 0 saturated carbocycles. The van der Waals surface area contributed by atoms with Crippen molar-refractivity contribution >= 4 is 15.9 Å². The van der Waals surface area contributed by atoms with Gasteiger partial charge in [-0.1, -0.05) is 45.7 Å². The predicted octanol–water partition coefficient (Wildman–Crippen LogP) is 3.92. The zero-order valence-electron chi connectivity index (χ0n) is 10.0. The first kappa shape index (κ1) is 11.9. The molecule has 0 bridgehead atoms. The van der Waals surface area contributed by atoms with E-state index >= 15 is 0 Å². The van der Waals surface area contributed by atoms with Crippen LogP contribution in [-0.2, 0) is 0 Å². The molecule has 2 heterocycles. The van der Waals surface area contributed by atoms with Crippen molar-refractivity contribution in [3.05, 3.63) is 40.7 Å². The largest absolute Gasteiger partial charge is 0.359 e. The molecule has 2 aromatic rings. The molecule has 1 fully saturated rings. The summed E-state index contributed by atoms with van der Waals surface area (Å²) in [5.74, 6) is 0.960. The highest BCUT2D eigenvalue weighted by molar-refractivity contribution is 9.10. The minimum absolute atomic E-state index is 0.295. The number of piperidine rings is 1. The van der Waals surface area contributed by atoms with Crippen molar-refractivity contribution in [3.8, 4) is 11.1 Å². The standard InChI is InChI=1S/C14H15BrN2O/c15-12-6-2-1-5-10(12)11-9-17-18-14(11)13-7-3-4-8-16-13/h1-2,5-6,9,13,16H,3-4,7-8H2. The van der Waals surface area contributed by atoms with Gasteiger partial charge in [0.15, 0.2) is 5.76 Å². The minimum atomic E-state index is 0.295. The maximum atomic E-state index is 5.48. The van der Waals surface area contributed by atoms with Crippen molar-refractivity contribution < 1.29 is 4.52 Å².